The number of imidazole rings is 1. The summed E-state index contributed by atoms with van der Waals surface area (Å²) in [4.78, 5) is 29.4. The van der Waals surface area contributed by atoms with E-state index in [4.69, 9.17) is 9.72 Å². The van der Waals surface area contributed by atoms with E-state index in [0.29, 0.717) is 23.3 Å². The van der Waals surface area contributed by atoms with Crippen molar-refractivity contribution in [2.75, 3.05) is 6.54 Å². The first-order valence-electron chi connectivity index (χ1n) is 12.5. The summed E-state index contributed by atoms with van der Waals surface area (Å²) in [5.74, 6) is -0.0666. The largest absolute Gasteiger partial charge is 0.490 e. The van der Waals surface area contributed by atoms with Crippen LogP contribution in [0.3, 0.4) is 0 Å². The van der Waals surface area contributed by atoms with E-state index in [9.17, 15) is 14.9 Å². The standard InChI is InChI=1S/C30H31N5O3/c1-19(2)38-28-12-11-24(15-25(28)16-31)30(37)33-26(17-32-21(4)36)14-22-7-9-23(10-8-22)27-18-35-13-5-6-20(3)29(35)34-27/h5-13,15,18-19,26H,14,17H2,1-4H3,(H,32,36)(H,33,37). The predicted octanol–water partition coefficient (Wildman–Crippen LogP) is 4.45. The van der Waals surface area contributed by atoms with Gasteiger partial charge in [0.2, 0.25) is 5.91 Å². The summed E-state index contributed by atoms with van der Waals surface area (Å²) in [6, 6.07) is 18.6. The zero-order valence-corrected chi connectivity index (χ0v) is 22.0. The van der Waals surface area contributed by atoms with E-state index in [-0.39, 0.29) is 30.5 Å². The number of aryl methyl sites for hydroxylation is 1. The van der Waals surface area contributed by atoms with Crippen molar-refractivity contribution >= 4 is 17.5 Å². The molecule has 4 aromatic rings. The van der Waals surface area contributed by atoms with Crippen LogP contribution in [0.4, 0.5) is 0 Å². The molecule has 0 aliphatic carbocycles. The van der Waals surface area contributed by atoms with Crippen molar-refractivity contribution in [1.29, 1.82) is 5.26 Å². The van der Waals surface area contributed by atoms with Gasteiger partial charge in [-0.05, 0) is 62.6 Å². The molecule has 0 spiro atoms. The van der Waals surface area contributed by atoms with Gasteiger partial charge in [0.15, 0.2) is 0 Å². The smallest absolute Gasteiger partial charge is 0.251 e. The lowest BCUT2D eigenvalue weighted by Gasteiger charge is -2.20. The molecule has 2 heterocycles. The molecule has 1 unspecified atom stereocenters. The molecular formula is C30H31N5O3. The van der Waals surface area contributed by atoms with E-state index in [1.165, 1.54) is 13.0 Å². The van der Waals surface area contributed by atoms with Gasteiger partial charge in [-0.15, -0.1) is 0 Å². The number of pyridine rings is 1. The van der Waals surface area contributed by atoms with Crippen molar-refractivity contribution in [2.24, 2.45) is 0 Å². The number of amides is 2. The Bertz CT molecular complexity index is 1500. The monoisotopic (exact) mass is 509 g/mol. The van der Waals surface area contributed by atoms with Gasteiger partial charge in [0.05, 0.1) is 23.4 Å². The van der Waals surface area contributed by atoms with Gasteiger partial charge in [-0.2, -0.15) is 5.26 Å². The summed E-state index contributed by atoms with van der Waals surface area (Å²) >= 11 is 0. The second-order valence-corrected chi connectivity index (χ2v) is 9.55. The molecule has 8 nitrogen and oxygen atoms in total. The summed E-state index contributed by atoms with van der Waals surface area (Å²) < 4.78 is 7.66. The van der Waals surface area contributed by atoms with Gasteiger partial charge in [0, 0.05) is 37.0 Å². The number of hydrogen-bond acceptors (Lipinski definition) is 5. The molecule has 194 valence electrons. The Morgan fingerprint density at radius 1 is 1.13 bits per heavy atom. The Balaban J connectivity index is 1.49. The van der Waals surface area contributed by atoms with Crippen LogP contribution < -0.4 is 15.4 Å². The number of nitrogens with one attached hydrogen (secondary N) is 2. The van der Waals surface area contributed by atoms with Gasteiger partial charge < -0.3 is 19.8 Å². The van der Waals surface area contributed by atoms with Gasteiger partial charge in [0.25, 0.3) is 5.91 Å². The number of hydrogen-bond donors (Lipinski definition) is 2. The lowest BCUT2D eigenvalue weighted by Crippen LogP contribution is -2.44. The maximum Gasteiger partial charge on any atom is 0.251 e. The van der Waals surface area contributed by atoms with Gasteiger partial charge in [-0.1, -0.05) is 30.3 Å². The summed E-state index contributed by atoms with van der Waals surface area (Å²) in [7, 11) is 0. The zero-order valence-electron chi connectivity index (χ0n) is 22.0. The van der Waals surface area contributed by atoms with E-state index in [1.54, 1.807) is 12.1 Å². The molecule has 2 aromatic carbocycles. The second kappa shape index (κ2) is 11.6. The highest BCUT2D eigenvalue weighted by Crippen LogP contribution is 2.23. The topological polar surface area (TPSA) is 109 Å². The molecule has 38 heavy (non-hydrogen) atoms. The van der Waals surface area contributed by atoms with Gasteiger partial charge in [-0.25, -0.2) is 4.98 Å². The summed E-state index contributed by atoms with van der Waals surface area (Å²) in [5.41, 5.74) is 5.55. The summed E-state index contributed by atoms with van der Waals surface area (Å²) in [6.45, 7) is 7.50. The summed E-state index contributed by atoms with van der Waals surface area (Å²) in [6.07, 6.45) is 4.40. The maximum atomic E-state index is 13.1. The average molecular weight is 510 g/mol. The lowest BCUT2D eigenvalue weighted by atomic mass is 10.0. The fraction of sp³-hybridized carbons (Fsp3) is 0.267. The number of benzene rings is 2. The first-order valence-corrected chi connectivity index (χ1v) is 12.5. The number of carbonyl (C=O) groups is 2. The van der Waals surface area contributed by atoms with Crippen molar-refractivity contribution in [3.05, 3.63) is 89.2 Å². The van der Waals surface area contributed by atoms with Crippen LogP contribution in [0.25, 0.3) is 16.9 Å². The molecule has 8 heteroatoms. The molecule has 0 saturated carbocycles. The van der Waals surface area contributed by atoms with E-state index in [2.05, 4.69) is 16.7 Å². The lowest BCUT2D eigenvalue weighted by molar-refractivity contribution is -0.119. The molecule has 0 bridgehead atoms. The van der Waals surface area contributed by atoms with Crippen molar-refractivity contribution in [2.45, 2.75) is 46.3 Å². The quantitative estimate of drug-likeness (QED) is 0.347. The first-order chi connectivity index (χ1) is 18.2. The minimum atomic E-state index is -0.354. The molecule has 0 saturated heterocycles. The van der Waals surface area contributed by atoms with Crippen molar-refractivity contribution in [3.63, 3.8) is 0 Å². The Morgan fingerprint density at radius 3 is 2.55 bits per heavy atom. The fourth-order valence-corrected chi connectivity index (χ4v) is 4.21. The highest BCUT2D eigenvalue weighted by Gasteiger charge is 2.17. The third kappa shape index (κ3) is 6.37. The van der Waals surface area contributed by atoms with Gasteiger partial charge in [0.1, 0.15) is 17.5 Å². The molecule has 0 radical (unpaired) electrons. The molecule has 0 fully saturated rings. The fourth-order valence-electron chi connectivity index (χ4n) is 4.21. The van der Waals surface area contributed by atoms with Crippen molar-refractivity contribution in [3.8, 4) is 23.1 Å². The number of aromatic nitrogens is 2. The van der Waals surface area contributed by atoms with Crippen LogP contribution in [-0.4, -0.2) is 39.9 Å². The number of nitriles is 1. The Morgan fingerprint density at radius 2 is 1.89 bits per heavy atom. The molecule has 0 aliphatic rings. The third-order valence-electron chi connectivity index (χ3n) is 6.07. The van der Waals surface area contributed by atoms with Crippen LogP contribution in [0.2, 0.25) is 0 Å². The van der Waals surface area contributed by atoms with Crippen molar-refractivity contribution < 1.29 is 14.3 Å². The Labute approximate surface area is 222 Å². The minimum absolute atomic E-state index is 0.0907. The van der Waals surface area contributed by atoms with E-state index in [0.717, 1.165) is 28.0 Å². The van der Waals surface area contributed by atoms with Crippen molar-refractivity contribution in [1.82, 2.24) is 20.0 Å². The average Bonchev–Trinajstić information content (AvgIpc) is 3.33. The Hall–Kier alpha value is -4.64. The van der Waals surface area contributed by atoms with E-state index in [1.807, 2.05) is 74.0 Å². The minimum Gasteiger partial charge on any atom is -0.490 e. The SMILES string of the molecule is CC(=O)NCC(Cc1ccc(-c2cn3cccc(C)c3n2)cc1)NC(=O)c1ccc(OC(C)C)c(C#N)c1. The second-order valence-electron chi connectivity index (χ2n) is 9.55. The molecule has 1 atom stereocenters. The molecule has 2 amide bonds. The number of carbonyl (C=O) groups excluding carboxylic acids is 2. The normalized spacial score (nSPS) is 11.7. The number of rotatable bonds is 9. The maximum absolute atomic E-state index is 13.1. The first kappa shape index (κ1) is 26.4. The van der Waals surface area contributed by atoms with E-state index >= 15 is 0 Å². The van der Waals surface area contributed by atoms with Gasteiger partial charge >= 0.3 is 0 Å². The molecule has 0 aliphatic heterocycles. The number of nitrogens with zero attached hydrogens (tertiary/aromatic N) is 3. The molecule has 4 rings (SSSR count). The third-order valence-corrected chi connectivity index (χ3v) is 6.07. The predicted molar refractivity (Wildman–Crippen MR) is 146 cm³/mol. The highest BCUT2D eigenvalue weighted by molar-refractivity contribution is 5.95. The number of ether oxygens (including phenoxy) is 1. The van der Waals surface area contributed by atoms with Crippen LogP contribution in [-0.2, 0) is 11.2 Å². The van der Waals surface area contributed by atoms with Crippen LogP contribution in [0, 0.1) is 18.3 Å². The van der Waals surface area contributed by atoms with Crippen LogP contribution in [0.1, 0.15) is 47.8 Å². The highest BCUT2D eigenvalue weighted by atomic mass is 16.5. The zero-order chi connectivity index (χ0) is 27.2. The van der Waals surface area contributed by atoms with Gasteiger partial charge in [-0.3, -0.25) is 9.59 Å². The molecular weight excluding hydrogens is 478 g/mol. The van der Waals surface area contributed by atoms with E-state index < -0.39 is 0 Å². The Kier molecular flexibility index (Phi) is 8.07. The van der Waals surface area contributed by atoms with Crippen LogP contribution in [0.15, 0.2) is 67.0 Å². The molecule has 2 aromatic heterocycles. The summed E-state index contributed by atoms with van der Waals surface area (Å²) in [5, 5.41) is 15.3. The number of fused-ring (bicyclic) bond motifs is 1. The van der Waals surface area contributed by atoms with Crippen LogP contribution >= 0.6 is 0 Å². The molecule has 2 N–H and O–H groups in total. The van der Waals surface area contributed by atoms with Crippen LogP contribution in [0.5, 0.6) is 5.75 Å².